The molecule has 0 heterocycles. The van der Waals surface area contributed by atoms with Crippen molar-refractivity contribution in [2.45, 2.75) is 65.0 Å². The lowest BCUT2D eigenvalue weighted by Crippen LogP contribution is -2.18. The molecular weight excluding hydrogens is 317 g/mol. The predicted octanol–water partition coefficient (Wildman–Crippen LogP) is 5.90. The van der Waals surface area contributed by atoms with E-state index in [-0.39, 0.29) is 23.5 Å². The van der Waals surface area contributed by atoms with Gasteiger partial charge in [0.15, 0.2) is 5.78 Å². The second-order valence-electron chi connectivity index (χ2n) is 6.95. The van der Waals surface area contributed by atoms with Gasteiger partial charge in [-0.05, 0) is 43.2 Å². The van der Waals surface area contributed by atoms with E-state index in [1.165, 1.54) is 25.5 Å². The number of rotatable bonds is 5. The SMILES string of the molecule is CCCC1CCC(CC(=O)c2ccc(C)c(C(F)(F)F)c2O)CC1. The maximum Gasteiger partial charge on any atom is 0.420 e. The highest BCUT2D eigenvalue weighted by atomic mass is 19.4. The molecule has 1 aromatic rings. The van der Waals surface area contributed by atoms with E-state index < -0.39 is 23.3 Å². The number of hydrogen-bond acceptors (Lipinski definition) is 2. The second-order valence-corrected chi connectivity index (χ2v) is 6.95. The van der Waals surface area contributed by atoms with Gasteiger partial charge >= 0.3 is 6.18 Å². The minimum Gasteiger partial charge on any atom is -0.507 e. The van der Waals surface area contributed by atoms with Gasteiger partial charge < -0.3 is 5.11 Å². The van der Waals surface area contributed by atoms with E-state index >= 15 is 0 Å². The second kappa shape index (κ2) is 7.58. The normalized spacial score (nSPS) is 21.7. The minimum atomic E-state index is -4.66. The van der Waals surface area contributed by atoms with E-state index in [4.69, 9.17) is 0 Å². The van der Waals surface area contributed by atoms with Gasteiger partial charge in [-0.15, -0.1) is 0 Å². The van der Waals surface area contributed by atoms with Crippen LogP contribution in [0.15, 0.2) is 12.1 Å². The van der Waals surface area contributed by atoms with E-state index in [2.05, 4.69) is 6.92 Å². The van der Waals surface area contributed by atoms with Gasteiger partial charge in [-0.2, -0.15) is 13.2 Å². The number of Topliss-reactive ketones (excluding diaryl/α,β-unsaturated/α-hetero) is 1. The molecular formula is C19H25F3O2. The molecule has 0 bridgehead atoms. The standard InChI is InChI=1S/C19H25F3O2/c1-3-4-13-6-8-14(9-7-13)11-16(23)15-10-5-12(2)17(18(15)24)19(20,21)22/h5,10,13-14,24H,3-4,6-9,11H2,1-2H3. The van der Waals surface area contributed by atoms with Crippen molar-refractivity contribution >= 4 is 5.78 Å². The minimum absolute atomic E-state index is 0.0726. The summed E-state index contributed by atoms with van der Waals surface area (Å²) in [6.45, 7) is 3.44. The maximum absolute atomic E-state index is 13.1. The molecule has 0 unspecified atom stereocenters. The van der Waals surface area contributed by atoms with Crippen LogP contribution in [0.4, 0.5) is 13.2 Å². The molecule has 1 aromatic carbocycles. The van der Waals surface area contributed by atoms with E-state index in [1.54, 1.807) is 0 Å². The third kappa shape index (κ3) is 4.31. The van der Waals surface area contributed by atoms with E-state index in [0.29, 0.717) is 5.92 Å². The van der Waals surface area contributed by atoms with Crippen LogP contribution >= 0.6 is 0 Å². The van der Waals surface area contributed by atoms with Crippen LogP contribution in [0.25, 0.3) is 0 Å². The number of halogens is 3. The first-order valence-electron chi connectivity index (χ1n) is 8.67. The van der Waals surface area contributed by atoms with Crippen LogP contribution in [-0.4, -0.2) is 10.9 Å². The van der Waals surface area contributed by atoms with Crippen molar-refractivity contribution in [3.8, 4) is 5.75 Å². The number of aryl methyl sites for hydroxylation is 1. The first kappa shape index (κ1) is 18.8. The Balaban J connectivity index is 2.09. The van der Waals surface area contributed by atoms with Crippen LogP contribution in [0.1, 0.15) is 73.4 Å². The molecule has 0 radical (unpaired) electrons. The summed E-state index contributed by atoms with van der Waals surface area (Å²) in [5.41, 5.74) is -1.37. The number of ketones is 1. The summed E-state index contributed by atoms with van der Waals surface area (Å²) in [5, 5.41) is 9.98. The molecule has 1 aliphatic carbocycles. The zero-order chi connectivity index (χ0) is 17.9. The summed E-state index contributed by atoms with van der Waals surface area (Å²) in [5.74, 6) is -0.393. The number of phenols is 1. The molecule has 1 aliphatic rings. The van der Waals surface area contributed by atoms with Crippen LogP contribution < -0.4 is 0 Å². The fourth-order valence-electron chi connectivity index (χ4n) is 3.78. The third-order valence-corrected chi connectivity index (χ3v) is 5.11. The lowest BCUT2D eigenvalue weighted by Gasteiger charge is -2.28. The monoisotopic (exact) mass is 342 g/mol. The summed E-state index contributed by atoms with van der Waals surface area (Å²) in [6.07, 6.45) is 1.96. The Labute approximate surface area is 141 Å². The van der Waals surface area contributed by atoms with Crippen molar-refractivity contribution in [3.63, 3.8) is 0 Å². The quantitative estimate of drug-likeness (QED) is 0.677. The fraction of sp³-hybridized carbons (Fsp3) is 0.632. The number of carbonyl (C=O) groups excluding carboxylic acids is 1. The zero-order valence-electron chi connectivity index (χ0n) is 14.2. The Hall–Kier alpha value is -1.52. The highest BCUT2D eigenvalue weighted by Gasteiger charge is 2.37. The van der Waals surface area contributed by atoms with Crippen LogP contribution in [-0.2, 0) is 6.18 Å². The van der Waals surface area contributed by atoms with Crippen LogP contribution in [0.2, 0.25) is 0 Å². The highest BCUT2D eigenvalue weighted by molar-refractivity contribution is 5.99. The molecule has 1 fully saturated rings. The molecule has 2 rings (SSSR count). The average molecular weight is 342 g/mol. The lowest BCUT2D eigenvalue weighted by molar-refractivity contribution is -0.139. The van der Waals surface area contributed by atoms with Gasteiger partial charge in [-0.1, -0.05) is 38.7 Å². The number of phenolic OH excluding ortho intramolecular Hbond substituents is 1. The van der Waals surface area contributed by atoms with Gasteiger partial charge in [0.2, 0.25) is 0 Å². The summed E-state index contributed by atoms with van der Waals surface area (Å²) >= 11 is 0. The Morgan fingerprint density at radius 2 is 1.75 bits per heavy atom. The smallest absolute Gasteiger partial charge is 0.420 e. The number of aromatic hydroxyl groups is 1. The lowest BCUT2D eigenvalue weighted by atomic mass is 9.77. The van der Waals surface area contributed by atoms with Gasteiger partial charge in [0.1, 0.15) is 11.3 Å². The first-order valence-corrected chi connectivity index (χ1v) is 8.67. The summed E-state index contributed by atoms with van der Waals surface area (Å²) in [6, 6.07) is 2.57. The number of carbonyl (C=O) groups is 1. The molecule has 0 aromatic heterocycles. The van der Waals surface area contributed by atoms with Crippen LogP contribution in [0.5, 0.6) is 5.75 Å². The molecule has 24 heavy (non-hydrogen) atoms. The third-order valence-electron chi connectivity index (χ3n) is 5.11. The van der Waals surface area contributed by atoms with Gasteiger partial charge in [0, 0.05) is 6.42 Å². The van der Waals surface area contributed by atoms with Crippen LogP contribution in [0.3, 0.4) is 0 Å². The van der Waals surface area contributed by atoms with Gasteiger partial charge in [0.05, 0.1) is 5.56 Å². The molecule has 5 heteroatoms. The zero-order valence-corrected chi connectivity index (χ0v) is 14.2. The van der Waals surface area contributed by atoms with Crippen molar-refractivity contribution in [2.75, 3.05) is 0 Å². The summed E-state index contributed by atoms with van der Waals surface area (Å²) in [7, 11) is 0. The molecule has 0 amide bonds. The Morgan fingerprint density at radius 1 is 1.17 bits per heavy atom. The number of benzene rings is 1. The first-order chi connectivity index (χ1) is 11.2. The molecule has 1 N–H and O–H groups in total. The largest absolute Gasteiger partial charge is 0.507 e. The molecule has 1 saturated carbocycles. The van der Waals surface area contributed by atoms with Crippen molar-refractivity contribution in [3.05, 3.63) is 28.8 Å². The number of alkyl halides is 3. The predicted molar refractivity (Wildman–Crippen MR) is 87.1 cm³/mol. The number of hydrogen-bond donors (Lipinski definition) is 1. The molecule has 2 nitrogen and oxygen atoms in total. The highest BCUT2D eigenvalue weighted by Crippen LogP contribution is 2.41. The van der Waals surface area contributed by atoms with E-state index in [0.717, 1.165) is 32.1 Å². The molecule has 0 spiro atoms. The van der Waals surface area contributed by atoms with Crippen molar-refractivity contribution in [1.82, 2.24) is 0 Å². The van der Waals surface area contributed by atoms with Gasteiger partial charge in [0.25, 0.3) is 0 Å². The molecule has 0 atom stereocenters. The van der Waals surface area contributed by atoms with Crippen molar-refractivity contribution in [1.29, 1.82) is 0 Å². The topological polar surface area (TPSA) is 37.3 Å². The Morgan fingerprint density at radius 3 is 2.29 bits per heavy atom. The Kier molecular flexibility index (Phi) is 5.94. The molecule has 0 aliphatic heterocycles. The fourth-order valence-corrected chi connectivity index (χ4v) is 3.78. The summed E-state index contributed by atoms with van der Waals surface area (Å²) < 4.78 is 39.2. The molecule has 0 saturated heterocycles. The van der Waals surface area contributed by atoms with Crippen molar-refractivity contribution in [2.24, 2.45) is 11.8 Å². The average Bonchev–Trinajstić information content (AvgIpc) is 2.48. The van der Waals surface area contributed by atoms with Crippen LogP contribution in [0, 0.1) is 18.8 Å². The Bertz CT molecular complexity index is 585. The van der Waals surface area contributed by atoms with Gasteiger partial charge in [-0.25, -0.2) is 0 Å². The maximum atomic E-state index is 13.1. The van der Waals surface area contributed by atoms with E-state index in [9.17, 15) is 23.1 Å². The van der Waals surface area contributed by atoms with Crippen molar-refractivity contribution < 1.29 is 23.1 Å². The summed E-state index contributed by atoms with van der Waals surface area (Å²) in [4.78, 5) is 12.4. The van der Waals surface area contributed by atoms with E-state index in [1.807, 2.05) is 0 Å². The molecule has 134 valence electrons. The van der Waals surface area contributed by atoms with Gasteiger partial charge in [-0.3, -0.25) is 4.79 Å².